The van der Waals surface area contributed by atoms with E-state index in [0.717, 1.165) is 30.8 Å². The van der Waals surface area contributed by atoms with E-state index in [9.17, 15) is 9.59 Å². The first kappa shape index (κ1) is 18.6. The van der Waals surface area contributed by atoms with Gasteiger partial charge in [-0.25, -0.2) is 4.98 Å². The van der Waals surface area contributed by atoms with Gasteiger partial charge in [0.15, 0.2) is 0 Å². The molecule has 2 aliphatic rings. The van der Waals surface area contributed by atoms with Gasteiger partial charge in [-0.05, 0) is 37.5 Å². The van der Waals surface area contributed by atoms with E-state index in [0.29, 0.717) is 25.7 Å². The molecule has 0 spiro atoms. The molecule has 1 aliphatic carbocycles. The summed E-state index contributed by atoms with van der Waals surface area (Å²) in [6.45, 7) is 4.65. The molecule has 7 nitrogen and oxygen atoms in total. The van der Waals surface area contributed by atoms with Crippen LogP contribution in [0.3, 0.4) is 0 Å². The number of piperazine rings is 1. The summed E-state index contributed by atoms with van der Waals surface area (Å²) in [5.74, 6) is 0.716. The standard InChI is InChI=1S/C19H29N5O2/c1-14-6-7-20-17(12-14)21-8-9-22-18(25)13-16-19(26)23-10-11-24(16)15-4-2-3-5-15/h6-7,12,15-16H,2-5,8-11,13H2,1H3,(H,20,21)(H,22,25)(H,23,26). The predicted octanol–water partition coefficient (Wildman–Crippen LogP) is 1.05. The number of aryl methyl sites for hydroxylation is 1. The molecule has 0 bridgehead atoms. The van der Waals surface area contributed by atoms with Gasteiger partial charge in [-0.3, -0.25) is 14.5 Å². The van der Waals surface area contributed by atoms with Gasteiger partial charge < -0.3 is 16.0 Å². The molecule has 0 aromatic carbocycles. The fourth-order valence-electron chi connectivity index (χ4n) is 3.89. The predicted molar refractivity (Wildman–Crippen MR) is 101 cm³/mol. The maximum Gasteiger partial charge on any atom is 0.237 e. The Labute approximate surface area is 154 Å². The van der Waals surface area contributed by atoms with E-state index >= 15 is 0 Å². The van der Waals surface area contributed by atoms with E-state index in [1.807, 2.05) is 19.1 Å². The van der Waals surface area contributed by atoms with Crippen LogP contribution in [0.2, 0.25) is 0 Å². The van der Waals surface area contributed by atoms with Crippen LogP contribution in [0.1, 0.15) is 37.7 Å². The first-order valence-corrected chi connectivity index (χ1v) is 9.60. The monoisotopic (exact) mass is 359 g/mol. The third-order valence-corrected chi connectivity index (χ3v) is 5.21. The van der Waals surface area contributed by atoms with Crippen molar-refractivity contribution in [3.8, 4) is 0 Å². The second-order valence-electron chi connectivity index (χ2n) is 7.18. The first-order chi connectivity index (χ1) is 12.6. The van der Waals surface area contributed by atoms with Crippen molar-refractivity contribution in [3.63, 3.8) is 0 Å². The Kier molecular flexibility index (Phi) is 6.44. The van der Waals surface area contributed by atoms with E-state index in [4.69, 9.17) is 0 Å². The summed E-state index contributed by atoms with van der Waals surface area (Å²) in [5, 5.41) is 9.01. The summed E-state index contributed by atoms with van der Waals surface area (Å²) >= 11 is 0. The van der Waals surface area contributed by atoms with E-state index in [1.165, 1.54) is 12.8 Å². The zero-order valence-electron chi connectivity index (χ0n) is 15.5. The summed E-state index contributed by atoms with van der Waals surface area (Å²) in [6, 6.07) is 4.03. The van der Waals surface area contributed by atoms with Crippen molar-refractivity contribution in [1.29, 1.82) is 0 Å². The number of carbonyl (C=O) groups is 2. The van der Waals surface area contributed by atoms with Gasteiger partial charge in [0.2, 0.25) is 11.8 Å². The quantitative estimate of drug-likeness (QED) is 0.634. The summed E-state index contributed by atoms with van der Waals surface area (Å²) < 4.78 is 0. The van der Waals surface area contributed by atoms with Crippen LogP contribution in [0.25, 0.3) is 0 Å². The molecule has 2 amide bonds. The van der Waals surface area contributed by atoms with E-state index in [-0.39, 0.29) is 24.3 Å². The molecule has 7 heteroatoms. The van der Waals surface area contributed by atoms with Crippen molar-refractivity contribution in [1.82, 2.24) is 20.5 Å². The van der Waals surface area contributed by atoms with Gasteiger partial charge >= 0.3 is 0 Å². The molecule has 3 rings (SSSR count). The van der Waals surface area contributed by atoms with Gasteiger partial charge in [0, 0.05) is 38.4 Å². The molecule has 1 aromatic heterocycles. The lowest BCUT2D eigenvalue weighted by molar-refractivity contribution is -0.135. The van der Waals surface area contributed by atoms with E-state index < -0.39 is 0 Å². The number of hydrogen-bond donors (Lipinski definition) is 3. The van der Waals surface area contributed by atoms with Crippen LogP contribution in [0.4, 0.5) is 5.82 Å². The lowest BCUT2D eigenvalue weighted by atomic mass is 10.0. The fraction of sp³-hybridized carbons (Fsp3) is 0.632. The second kappa shape index (κ2) is 8.98. The first-order valence-electron chi connectivity index (χ1n) is 9.60. The second-order valence-corrected chi connectivity index (χ2v) is 7.18. The third kappa shape index (κ3) is 4.94. The van der Waals surface area contributed by atoms with Crippen LogP contribution in [0.15, 0.2) is 18.3 Å². The largest absolute Gasteiger partial charge is 0.368 e. The molecule has 26 heavy (non-hydrogen) atoms. The van der Waals surface area contributed by atoms with E-state index in [2.05, 4.69) is 25.8 Å². The molecule has 1 unspecified atom stereocenters. The number of amides is 2. The zero-order valence-corrected chi connectivity index (χ0v) is 15.5. The molecule has 2 fully saturated rings. The van der Waals surface area contributed by atoms with Crippen molar-refractivity contribution in [2.24, 2.45) is 0 Å². The summed E-state index contributed by atoms with van der Waals surface area (Å²) in [4.78, 5) is 31.1. The molecule has 2 heterocycles. The highest BCUT2D eigenvalue weighted by Gasteiger charge is 2.36. The van der Waals surface area contributed by atoms with Gasteiger partial charge in [-0.2, -0.15) is 0 Å². The van der Waals surface area contributed by atoms with Crippen molar-refractivity contribution < 1.29 is 9.59 Å². The van der Waals surface area contributed by atoms with Crippen molar-refractivity contribution >= 4 is 17.6 Å². The average molecular weight is 359 g/mol. The number of anilines is 1. The number of pyridine rings is 1. The molecule has 0 radical (unpaired) electrons. The van der Waals surface area contributed by atoms with Crippen molar-refractivity contribution in [2.45, 2.75) is 51.1 Å². The van der Waals surface area contributed by atoms with Crippen molar-refractivity contribution in [2.75, 3.05) is 31.5 Å². The maximum atomic E-state index is 12.3. The smallest absolute Gasteiger partial charge is 0.237 e. The minimum Gasteiger partial charge on any atom is -0.368 e. The summed E-state index contributed by atoms with van der Waals surface area (Å²) in [6.07, 6.45) is 6.71. The molecule has 1 aromatic rings. The van der Waals surface area contributed by atoms with Crippen LogP contribution < -0.4 is 16.0 Å². The molecule has 1 saturated heterocycles. The highest BCUT2D eigenvalue weighted by atomic mass is 16.2. The molecule has 1 saturated carbocycles. The fourth-order valence-corrected chi connectivity index (χ4v) is 3.89. The molecule has 3 N–H and O–H groups in total. The summed E-state index contributed by atoms with van der Waals surface area (Å²) in [7, 11) is 0. The Bertz CT molecular complexity index is 630. The zero-order chi connectivity index (χ0) is 18.4. The average Bonchev–Trinajstić information content (AvgIpc) is 3.15. The van der Waals surface area contributed by atoms with Gasteiger partial charge in [-0.1, -0.05) is 12.8 Å². The molecular formula is C19H29N5O2. The van der Waals surface area contributed by atoms with Crippen LogP contribution in [-0.4, -0.2) is 60.0 Å². The van der Waals surface area contributed by atoms with Gasteiger partial charge in [0.25, 0.3) is 0 Å². The Morgan fingerprint density at radius 2 is 2.15 bits per heavy atom. The van der Waals surface area contributed by atoms with Crippen LogP contribution in [0, 0.1) is 6.92 Å². The number of nitrogens with zero attached hydrogens (tertiary/aromatic N) is 2. The number of rotatable bonds is 7. The normalized spacial score (nSPS) is 21.4. The highest BCUT2D eigenvalue weighted by molar-refractivity contribution is 5.88. The number of hydrogen-bond acceptors (Lipinski definition) is 5. The van der Waals surface area contributed by atoms with Crippen LogP contribution in [0.5, 0.6) is 0 Å². The van der Waals surface area contributed by atoms with Crippen molar-refractivity contribution in [3.05, 3.63) is 23.9 Å². The number of nitrogens with one attached hydrogen (secondary N) is 3. The van der Waals surface area contributed by atoms with Gasteiger partial charge in [0.1, 0.15) is 5.82 Å². The Balaban J connectivity index is 1.44. The topological polar surface area (TPSA) is 86.4 Å². The van der Waals surface area contributed by atoms with Gasteiger partial charge in [0.05, 0.1) is 12.5 Å². The van der Waals surface area contributed by atoms with Crippen LogP contribution >= 0.6 is 0 Å². The SMILES string of the molecule is Cc1ccnc(NCCNC(=O)CC2C(=O)NCCN2C2CCCC2)c1. The molecule has 1 atom stereocenters. The summed E-state index contributed by atoms with van der Waals surface area (Å²) in [5.41, 5.74) is 1.14. The number of aromatic nitrogens is 1. The Morgan fingerprint density at radius 3 is 2.92 bits per heavy atom. The third-order valence-electron chi connectivity index (χ3n) is 5.21. The minimum atomic E-state index is -0.335. The molecule has 142 valence electrons. The highest BCUT2D eigenvalue weighted by Crippen LogP contribution is 2.26. The molecular weight excluding hydrogens is 330 g/mol. The minimum absolute atomic E-state index is 0.0135. The molecule has 1 aliphatic heterocycles. The number of carbonyl (C=O) groups excluding carboxylic acids is 2. The lowest BCUT2D eigenvalue weighted by Crippen LogP contribution is -2.59. The Morgan fingerprint density at radius 1 is 1.35 bits per heavy atom. The Hall–Kier alpha value is -2.15. The van der Waals surface area contributed by atoms with E-state index in [1.54, 1.807) is 6.20 Å². The van der Waals surface area contributed by atoms with Crippen LogP contribution in [-0.2, 0) is 9.59 Å². The van der Waals surface area contributed by atoms with Gasteiger partial charge in [-0.15, -0.1) is 0 Å². The maximum absolute atomic E-state index is 12.3. The lowest BCUT2D eigenvalue weighted by Gasteiger charge is -2.38.